The smallest absolute Gasteiger partial charge is 0.337 e. The first-order chi connectivity index (χ1) is 15.9. The van der Waals surface area contributed by atoms with Crippen LogP contribution in [0.15, 0.2) is 88.2 Å². The maximum Gasteiger partial charge on any atom is 0.337 e. The van der Waals surface area contributed by atoms with E-state index in [0.29, 0.717) is 6.42 Å². The van der Waals surface area contributed by atoms with Crippen LogP contribution >= 0.6 is 0 Å². The number of hydrogen-bond acceptors (Lipinski definition) is 6. The van der Waals surface area contributed by atoms with Gasteiger partial charge in [0, 0.05) is 12.3 Å². The van der Waals surface area contributed by atoms with Gasteiger partial charge in [-0.2, -0.15) is 8.42 Å². The largest absolute Gasteiger partial charge is 0.465 e. The van der Waals surface area contributed by atoms with Gasteiger partial charge < -0.3 is 10.1 Å². The first-order valence-electron chi connectivity index (χ1n) is 10.4. The molecule has 0 amide bonds. The summed E-state index contributed by atoms with van der Waals surface area (Å²) < 4.78 is 33.7. The minimum absolute atomic E-state index is 0.0213. The molecule has 0 atom stereocenters. The molecule has 0 radical (unpaired) electrons. The van der Waals surface area contributed by atoms with Crippen LogP contribution in [0.4, 0.5) is 5.69 Å². The molecule has 0 saturated heterocycles. The van der Waals surface area contributed by atoms with Gasteiger partial charge in [-0.25, -0.2) is 4.79 Å². The predicted molar refractivity (Wildman–Crippen MR) is 125 cm³/mol. The number of sulfonamides is 1. The average Bonchev–Trinajstić information content (AvgIpc) is 2.84. The maximum absolute atomic E-state index is 13.0. The summed E-state index contributed by atoms with van der Waals surface area (Å²) >= 11 is 0. The summed E-state index contributed by atoms with van der Waals surface area (Å²) in [6.07, 6.45) is 0.590. The molecular weight excluding hydrogens is 440 g/mol. The van der Waals surface area contributed by atoms with Crippen LogP contribution in [0.2, 0.25) is 0 Å². The van der Waals surface area contributed by atoms with Crippen molar-refractivity contribution in [2.24, 2.45) is 4.40 Å². The first-order valence-corrected chi connectivity index (χ1v) is 11.8. The molecule has 168 valence electrons. The molecule has 0 bridgehead atoms. The van der Waals surface area contributed by atoms with Crippen molar-refractivity contribution < 1.29 is 22.7 Å². The number of carbonyl (C=O) groups is 2. The number of carbonyl (C=O) groups excluding carboxylic acids is 2. The van der Waals surface area contributed by atoms with Crippen LogP contribution in [0.5, 0.6) is 0 Å². The monoisotopic (exact) mass is 462 g/mol. The third-order valence-corrected chi connectivity index (χ3v) is 6.79. The molecule has 1 aliphatic rings. The lowest BCUT2D eigenvalue weighted by Gasteiger charge is -2.20. The highest BCUT2D eigenvalue weighted by Crippen LogP contribution is 2.31. The van der Waals surface area contributed by atoms with Gasteiger partial charge in [-0.05, 0) is 35.7 Å². The van der Waals surface area contributed by atoms with Gasteiger partial charge in [0.15, 0.2) is 11.6 Å². The highest BCUT2D eigenvalue weighted by atomic mass is 32.2. The number of ketones is 1. The van der Waals surface area contributed by atoms with Crippen LogP contribution in [-0.4, -0.2) is 33.1 Å². The molecule has 0 unspecified atom stereocenters. The minimum Gasteiger partial charge on any atom is -0.465 e. The summed E-state index contributed by atoms with van der Waals surface area (Å²) in [6, 6.07) is 23.8. The van der Waals surface area contributed by atoms with E-state index in [4.69, 9.17) is 0 Å². The number of Topliss-reactive ketones (excluding diaryl/α,β-unsaturated/α-hetero) is 1. The van der Waals surface area contributed by atoms with E-state index in [0.717, 1.165) is 11.1 Å². The van der Waals surface area contributed by atoms with E-state index >= 15 is 0 Å². The van der Waals surface area contributed by atoms with Crippen molar-refractivity contribution in [2.75, 3.05) is 12.4 Å². The summed E-state index contributed by atoms with van der Waals surface area (Å²) in [5.74, 6) is -1.31. The predicted octanol–water partition coefficient (Wildman–Crippen LogP) is 4.17. The number of hydrogen-bond donors (Lipinski definition) is 1. The molecular formula is C25H22N2O5S. The zero-order valence-electron chi connectivity index (χ0n) is 17.9. The van der Waals surface area contributed by atoms with E-state index in [-0.39, 0.29) is 34.3 Å². The second kappa shape index (κ2) is 9.38. The van der Waals surface area contributed by atoms with Crippen LogP contribution in [-0.2, 0) is 19.6 Å². The van der Waals surface area contributed by atoms with Crippen molar-refractivity contribution in [3.05, 3.63) is 95.6 Å². The first kappa shape index (κ1) is 22.4. The number of ether oxygens (including phenoxy) is 1. The van der Waals surface area contributed by atoms with Gasteiger partial charge in [0.2, 0.25) is 0 Å². The average molecular weight is 463 g/mol. The summed E-state index contributed by atoms with van der Waals surface area (Å²) in [6.45, 7) is 0. The Morgan fingerprint density at radius 2 is 1.55 bits per heavy atom. The number of benzene rings is 3. The lowest BCUT2D eigenvalue weighted by atomic mass is 9.87. The lowest BCUT2D eigenvalue weighted by molar-refractivity contribution is -0.113. The highest BCUT2D eigenvalue weighted by Gasteiger charge is 2.29. The van der Waals surface area contributed by atoms with Gasteiger partial charge in [0.05, 0.1) is 18.4 Å². The van der Waals surface area contributed by atoms with Crippen molar-refractivity contribution in [1.82, 2.24) is 0 Å². The van der Waals surface area contributed by atoms with Crippen molar-refractivity contribution in [3.8, 4) is 0 Å². The number of methoxy groups -OCH3 is 1. The highest BCUT2D eigenvalue weighted by molar-refractivity contribution is 7.90. The maximum atomic E-state index is 13.0. The molecule has 1 heterocycles. The van der Waals surface area contributed by atoms with E-state index in [1.54, 1.807) is 0 Å². The molecule has 0 spiro atoms. The molecule has 4 rings (SSSR count). The molecule has 33 heavy (non-hydrogen) atoms. The number of rotatable bonds is 7. The number of nitrogens with zero attached hydrogens (tertiary/aromatic N) is 1. The standard InChI is InChI=1S/C25H22N2O5S/c1-32-25(29)19-12-14-21-23(16-19)33(30,31)27-24(26-21)22(28)15-13-20(17-8-4-2-5-9-17)18-10-6-3-7-11-18/h2-12,14,16,20H,13,15H2,1H3,(H,26,27). The molecule has 3 aromatic carbocycles. The molecule has 1 aliphatic heterocycles. The molecule has 0 saturated carbocycles. The Bertz CT molecular complexity index is 1280. The molecule has 3 aromatic rings. The van der Waals surface area contributed by atoms with Crippen molar-refractivity contribution in [1.29, 1.82) is 0 Å². The second-order valence-corrected chi connectivity index (χ2v) is 9.15. The Hall–Kier alpha value is -3.78. The van der Waals surface area contributed by atoms with E-state index in [1.165, 1.54) is 25.3 Å². The quantitative estimate of drug-likeness (QED) is 0.529. The molecule has 1 N–H and O–H groups in total. The molecule has 0 aliphatic carbocycles. The van der Waals surface area contributed by atoms with E-state index < -0.39 is 21.8 Å². The number of esters is 1. The second-order valence-electron chi connectivity index (χ2n) is 7.58. The van der Waals surface area contributed by atoms with Crippen molar-refractivity contribution in [2.45, 2.75) is 23.7 Å². The Labute approximate surface area is 192 Å². The Kier molecular flexibility index (Phi) is 6.37. The van der Waals surface area contributed by atoms with Gasteiger partial charge in [0.1, 0.15) is 4.90 Å². The molecule has 7 nitrogen and oxygen atoms in total. The van der Waals surface area contributed by atoms with E-state index in [9.17, 15) is 18.0 Å². The summed E-state index contributed by atoms with van der Waals surface area (Å²) in [5.41, 5.74) is 2.43. The summed E-state index contributed by atoms with van der Waals surface area (Å²) in [7, 11) is -2.94. The van der Waals surface area contributed by atoms with Gasteiger partial charge in [-0.3, -0.25) is 4.79 Å². The topological polar surface area (TPSA) is 102 Å². The fraction of sp³-hybridized carbons (Fsp3) is 0.160. The SMILES string of the molecule is COC(=O)c1ccc2c(c1)S(=O)(=O)N=C(C(=O)CCC(c1ccccc1)c1ccccc1)N2. The van der Waals surface area contributed by atoms with E-state index in [1.807, 2.05) is 60.7 Å². The fourth-order valence-corrected chi connectivity index (χ4v) is 4.97. The van der Waals surface area contributed by atoms with Gasteiger partial charge in [0.25, 0.3) is 10.0 Å². The Morgan fingerprint density at radius 3 is 2.12 bits per heavy atom. The van der Waals surface area contributed by atoms with Crippen LogP contribution in [0.25, 0.3) is 0 Å². The number of nitrogens with one attached hydrogen (secondary N) is 1. The number of fused-ring (bicyclic) bond motifs is 1. The zero-order chi connectivity index (χ0) is 23.4. The van der Waals surface area contributed by atoms with Gasteiger partial charge in [-0.15, -0.1) is 4.40 Å². The van der Waals surface area contributed by atoms with Crippen LogP contribution < -0.4 is 5.32 Å². The third-order valence-electron chi connectivity index (χ3n) is 5.47. The third kappa shape index (κ3) is 4.85. The number of amidine groups is 1. The Morgan fingerprint density at radius 1 is 0.939 bits per heavy atom. The van der Waals surface area contributed by atoms with Crippen LogP contribution in [0.3, 0.4) is 0 Å². The van der Waals surface area contributed by atoms with E-state index in [2.05, 4.69) is 14.5 Å². The number of anilines is 1. The molecule has 0 aromatic heterocycles. The fourth-order valence-electron chi connectivity index (χ4n) is 3.81. The zero-order valence-corrected chi connectivity index (χ0v) is 18.7. The van der Waals surface area contributed by atoms with Crippen molar-refractivity contribution in [3.63, 3.8) is 0 Å². The van der Waals surface area contributed by atoms with Crippen molar-refractivity contribution >= 4 is 33.3 Å². The van der Waals surface area contributed by atoms with Crippen LogP contribution in [0.1, 0.15) is 40.2 Å². The van der Waals surface area contributed by atoms with Gasteiger partial charge in [-0.1, -0.05) is 60.7 Å². The Balaban J connectivity index is 1.56. The van der Waals surface area contributed by atoms with Gasteiger partial charge >= 0.3 is 5.97 Å². The minimum atomic E-state index is -4.15. The summed E-state index contributed by atoms with van der Waals surface area (Å²) in [4.78, 5) is 24.5. The molecule has 8 heteroatoms. The lowest BCUT2D eigenvalue weighted by Crippen LogP contribution is -2.29. The summed E-state index contributed by atoms with van der Waals surface area (Å²) in [5, 5.41) is 2.81. The van der Waals surface area contributed by atoms with Crippen LogP contribution in [0, 0.1) is 0 Å². The normalized spacial score (nSPS) is 14.1. The molecule has 0 fully saturated rings.